The summed E-state index contributed by atoms with van der Waals surface area (Å²) >= 11 is 0. The Morgan fingerprint density at radius 2 is 1.90 bits per heavy atom. The number of carbonyl (C=O) groups excluding carboxylic acids is 1. The highest BCUT2D eigenvalue weighted by atomic mass is 16.5. The molecule has 0 radical (unpaired) electrons. The molecule has 2 aliphatic rings. The maximum absolute atomic E-state index is 11.3. The average Bonchev–Trinajstić information content (AvgIpc) is 2.47. The van der Waals surface area contributed by atoms with Crippen LogP contribution in [0.4, 0.5) is 0 Å². The van der Waals surface area contributed by atoms with Crippen molar-refractivity contribution in [2.45, 2.75) is 77.2 Å². The summed E-state index contributed by atoms with van der Waals surface area (Å²) in [6.45, 7) is 4.92. The minimum Gasteiger partial charge on any atom is -0.466 e. The van der Waals surface area contributed by atoms with Crippen molar-refractivity contribution in [1.29, 1.82) is 0 Å². The van der Waals surface area contributed by atoms with Crippen LogP contribution in [0.5, 0.6) is 0 Å². The van der Waals surface area contributed by atoms with Crippen LogP contribution in [0.3, 0.4) is 0 Å². The highest BCUT2D eigenvalue weighted by molar-refractivity contribution is 5.69. The first-order valence-corrected chi connectivity index (χ1v) is 8.71. The third-order valence-corrected chi connectivity index (χ3v) is 4.99. The Hall–Kier alpha value is -0.570. The van der Waals surface area contributed by atoms with Crippen LogP contribution in [-0.4, -0.2) is 36.6 Å². The summed E-state index contributed by atoms with van der Waals surface area (Å²) in [4.78, 5) is 14.0. The monoisotopic (exact) mass is 281 g/mol. The fraction of sp³-hybridized carbons (Fsp3) is 0.941. The highest BCUT2D eigenvalue weighted by Crippen LogP contribution is 2.35. The molecule has 0 N–H and O–H groups in total. The van der Waals surface area contributed by atoms with Crippen molar-refractivity contribution in [3.05, 3.63) is 0 Å². The van der Waals surface area contributed by atoms with Gasteiger partial charge in [0.05, 0.1) is 6.61 Å². The van der Waals surface area contributed by atoms with E-state index in [2.05, 4.69) is 4.90 Å². The largest absolute Gasteiger partial charge is 0.466 e. The van der Waals surface area contributed by atoms with Crippen molar-refractivity contribution in [2.24, 2.45) is 5.92 Å². The number of carbonyl (C=O) groups is 1. The molecule has 1 aliphatic carbocycles. The van der Waals surface area contributed by atoms with E-state index in [1.165, 1.54) is 58.0 Å². The van der Waals surface area contributed by atoms with E-state index < -0.39 is 0 Å². The van der Waals surface area contributed by atoms with Crippen LogP contribution in [0.15, 0.2) is 0 Å². The molecule has 0 aromatic rings. The van der Waals surface area contributed by atoms with Gasteiger partial charge in [-0.1, -0.05) is 19.3 Å². The van der Waals surface area contributed by atoms with Crippen LogP contribution in [0.25, 0.3) is 0 Å². The van der Waals surface area contributed by atoms with Gasteiger partial charge in [-0.15, -0.1) is 0 Å². The summed E-state index contributed by atoms with van der Waals surface area (Å²) in [6, 6.07) is 0.877. The van der Waals surface area contributed by atoms with Crippen LogP contribution < -0.4 is 0 Å². The third-order valence-electron chi connectivity index (χ3n) is 4.99. The van der Waals surface area contributed by atoms with Crippen LogP contribution in [0.1, 0.15) is 71.1 Å². The average molecular weight is 281 g/mol. The molecule has 3 nitrogen and oxygen atoms in total. The maximum atomic E-state index is 11.3. The molecule has 116 valence electrons. The van der Waals surface area contributed by atoms with Crippen molar-refractivity contribution in [3.63, 3.8) is 0 Å². The molecule has 0 amide bonds. The predicted octanol–water partition coefficient (Wildman–Crippen LogP) is 3.76. The van der Waals surface area contributed by atoms with E-state index in [0.717, 1.165) is 24.8 Å². The molecule has 2 unspecified atom stereocenters. The number of rotatable bonds is 7. The van der Waals surface area contributed by atoms with Gasteiger partial charge in [-0.3, -0.25) is 4.79 Å². The Labute approximate surface area is 124 Å². The van der Waals surface area contributed by atoms with Gasteiger partial charge in [0.15, 0.2) is 0 Å². The lowest BCUT2D eigenvalue weighted by Gasteiger charge is -2.44. The Kier molecular flexibility index (Phi) is 6.85. The quantitative estimate of drug-likeness (QED) is 0.525. The number of unbranched alkanes of at least 4 members (excludes halogenated alkanes) is 2. The highest BCUT2D eigenvalue weighted by Gasteiger charge is 2.32. The second-order valence-electron chi connectivity index (χ2n) is 6.41. The predicted molar refractivity (Wildman–Crippen MR) is 81.7 cm³/mol. The number of fused-ring (bicyclic) bond motifs is 1. The lowest BCUT2D eigenvalue weighted by Crippen LogP contribution is -2.47. The summed E-state index contributed by atoms with van der Waals surface area (Å²) < 4.78 is 4.96. The smallest absolute Gasteiger partial charge is 0.305 e. The number of hydrogen-bond acceptors (Lipinski definition) is 3. The molecule has 2 fully saturated rings. The summed E-state index contributed by atoms with van der Waals surface area (Å²) in [7, 11) is 0. The van der Waals surface area contributed by atoms with Gasteiger partial charge in [0, 0.05) is 12.5 Å². The minimum atomic E-state index is -0.0298. The lowest BCUT2D eigenvalue weighted by atomic mass is 9.78. The van der Waals surface area contributed by atoms with Crippen molar-refractivity contribution in [2.75, 3.05) is 19.7 Å². The van der Waals surface area contributed by atoms with Gasteiger partial charge in [-0.2, -0.15) is 0 Å². The van der Waals surface area contributed by atoms with Gasteiger partial charge in [0.2, 0.25) is 0 Å². The number of hydrogen-bond donors (Lipinski definition) is 0. The van der Waals surface area contributed by atoms with E-state index in [9.17, 15) is 4.79 Å². The Morgan fingerprint density at radius 3 is 2.75 bits per heavy atom. The molecular weight excluding hydrogens is 250 g/mol. The molecule has 0 aromatic heterocycles. The zero-order valence-electron chi connectivity index (χ0n) is 13.1. The molecule has 2 rings (SSSR count). The molecule has 20 heavy (non-hydrogen) atoms. The van der Waals surface area contributed by atoms with Gasteiger partial charge < -0.3 is 9.64 Å². The van der Waals surface area contributed by atoms with E-state index in [4.69, 9.17) is 4.74 Å². The molecule has 1 saturated heterocycles. The lowest BCUT2D eigenvalue weighted by molar-refractivity contribution is -0.143. The van der Waals surface area contributed by atoms with E-state index >= 15 is 0 Å². The summed E-state index contributed by atoms with van der Waals surface area (Å²) in [5, 5.41) is 0. The number of nitrogens with zero attached hydrogens (tertiary/aromatic N) is 1. The molecule has 1 saturated carbocycles. The van der Waals surface area contributed by atoms with Crippen molar-refractivity contribution in [1.82, 2.24) is 4.90 Å². The number of esters is 1. The first kappa shape index (κ1) is 15.8. The van der Waals surface area contributed by atoms with Crippen molar-refractivity contribution >= 4 is 5.97 Å². The van der Waals surface area contributed by atoms with Crippen LogP contribution in [0, 0.1) is 5.92 Å². The second-order valence-corrected chi connectivity index (χ2v) is 6.41. The van der Waals surface area contributed by atoms with Crippen molar-refractivity contribution < 1.29 is 9.53 Å². The molecule has 1 heterocycles. The van der Waals surface area contributed by atoms with Gasteiger partial charge in [-0.25, -0.2) is 0 Å². The minimum absolute atomic E-state index is 0.0298. The van der Waals surface area contributed by atoms with Gasteiger partial charge in [0.25, 0.3) is 0 Å². The third kappa shape index (κ3) is 4.76. The Bertz CT molecular complexity index is 291. The van der Waals surface area contributed by atoms with Gasteiger partial charge in [0.1, 0.15) is 0 Å². The van der Waals surface area contributed by atoms with Crippen LogP contribution in [-0.2, 0) is 9.53 Å². The molecule has 2 atom stereocenters. The molecule has 0 aromatic carbocycles. The molecule has 1 aliphatic heterocycles. The second kappa shape index (κ2) is 8.66. The SMILES string of the molecule is CCOC(=O)CCCCCN1CCCC2CCCCC21. The van der Waals surface area contributed by atoms with Crippen LogP contribution in [0.2, 0.25) is 0 Å². The molecule has 0 bridgehead atoms. The summed E-state index contributed by atoms with van der Waals surface area (Å²) in [6.07, 6.45) is 12.6. The van der Waals surface area contributed by atoms with Gasteiger partial charge >= 0.3 is 5.97 Å². The Morgan fingerprint density at radius 1 is 1.10 bits per heavy atom. The molecule has 0 spiro atoms. The normalized spacial score (nSPS) is 27.1. The van der Waals surface area contributed by atoms with E-state index in [1.54, 1.807) is 0 Å². The van der Waals surface area contributed by atoms with Crippen molar-refractivity contribution in [3.8, 4) is 0 Å². The summed E-state index contributed by atoms with van der Waals surface area (Å²) in [5.74, 6) is 0.954. The zero-order valence-corrected chi connectivity index (χ0v) is 13.1. The van der Waals surface area contributed by atoms with E-state index in [0.29, 0.717) is 13.0 Å². The van der Waals surface area contributed by atoms with E-state index in [-0.39, 0.29) is 5.97 Å². The maximum Gasteiger partial charge on any atom is 0.305 e. The standard InChI is InChI=1S/C17H31NO2/c1-2-20-17(19)12-4-3-7-13-18-14-8-10-15-9-5-6-11-16(15)18/h15-16H,2-14H2,1H3. The first-order chi connectivity index (χ1) is 9.81. The number of likely N-dealkylation sites (tertiary alicyclic amines) is 1. The topological polar surface area (TPSA) is 29.5 Å². The van der Waals surface area contributed by atoms with E-state index in [1.807, 2.05) is 6.92 Å². The fourth-order valence-corrected chi connectivity index (χ4v) is 4.00. The fourth-order valence-electron chi connectivity index (χ4n) is 4.00. The van der Waals surface area contributed by atoms with Gasteiger partial charge in [-0.05, 0) is 64.5 Å². The molecule has 3 heteroatoms. The zero-order chi connectivity index (χ0) is 14.2. The van der Waals surface area contributed by atoms with Crippen LogP contribution >= 0.6 is 0 Å². The number of ether oxygens (including phenoxy) is 1. The number of piperidine rings is 1. The Balaban J connectivity index is 1.59. The summed E-state index contributed by atoms with van der Waals surface area (Å²) in [5.41, 5.74) is 0. The molecular formula is C17H31NO2. The first-order valence-electron chi connectivity index (χ1n) is 8.71.